The molecule has 1 amide bonds. The van der Waals surface area contributed by atoms with E-state index in [-0.39, 0.29) is 12.3 Å². The van der Waals surface area contributed by atoms with Crippen molar-refractivity contribution in [1.82, 2.24) is 0 Å². The zero-order valence-electron chi connectivity index (χ0n) is 12.0. The average Bonchev–Trinajstić information content (AvgIpc) is 2.71. The van der Waals surface area contributed by atoms with Gasteiger partial charge in [0.15, 0.2) is 5.60 Å². The highest BCUT2D eigenvalue weighted by Crippen LogP contribution is 2.44. The van der Waals surface area contributed by atoms with Gasteiger partial charge < -0.3 is 10.0 Å². The summed E-state index contributed by atoms with van der Waals surface area (Å²) in [5.74, 6) is -0.302. The van der Waals surface area contributed by atoms with Gasteiger partial charge in [-0.05, 0) is 23.8 Å². The molecular weight excluding hydrogens is 342 g/mol. The Morgan fingerprint density at radius 2 is 1.95 bits per heavy atom. The first-order valence-corrected chi connectivity index (χ1v) is 7.85. The number of halogens is 1. The van der Waals surface area contributed by atoms with Gasteiger partial charge in [-0.1, -0.05) is 52.3 Å². The number of rotatable bonds is 4. The maximum atomic E-state index is 12.8. The van der Waals surface area contributed by atoms with Gasteiger partial charge in [0, 0.05) is 16.5 Å². The van der Waals surface area contributed by atoms with Gasteiger partial charge >= 0.3 is 0 Å². The highest BCUT2D eigenvalue weighted by Gasteiger charge is 2.48. The molecule has 112 valence electrons. The number of carbonyl (C=O) groups is 1. The summed E-state index contributed by atoms with van der Waals surface area (Å²) >= 11 is 3.41. The quantitative estimate of drug-likeness (QED) is 0.846. The third-order valence-electron chi connectivity index (χ3n) is 3.92. The van der Waals surface area contributed by atoms with E-state index in [1.54, 1.807) is 11.0 Å². The molecule has 3 rings (SSSR count). The van der Waals surface area contributed by atoms with E-state index in [2.05, 4.69) is 22.5 Å². The summed E-state index contributed by atoms with van der Waals surface area (Å²) in [6, 6.07) is 15.3. The standard InChI is InChI=1S/C18H16BrNO2/c1-2-10-18(22)15-11-14(19)8-9-16(15)20(17(18)21)12-13-6-4-3-5-7-13/h2-9,11,22H,1,10,12H2. The topological polar surface area (TPSA) is 40.5 Å². The molecule has 1 unspecified atom stereocenters. The number of nitrogens with zero attached hydrogens (tertiary/aromatic N) is 1. The monoisotopic (exact) mass is 357 g/mol. The highest BCUT2D eigenvalue weighted by molar-refractivity contribution is 9.10. The van der Waals surface area contributed by atoms with Crippen LogP contribution in [0.2, 0.25) is 0 Å². The molecule has 22 heavy (non-hydrogen) atoms. The van der Waals surface area contributed by atoms with E-state index < -0.39 is 5.60 Å². The molecule has 0 aromatic heterocycles. The highest BCUT2D eigenvalue weighted by atomic mass is 79.9. The van der Waals surface area contributed by atoms with Gasteiger partial charge in [0.25, 0.3) is 5.91 Å². The van der Waals surface area contributed by atoms with Crippen molar-refractivity contribution in [2.24, 2.45) is 0 Å². The SMILES string of the molecule is C=CCC1(O)C(=O)N(Cc2ccccc2)c2ccc(Br)cc21. The van der Waals surface area contributed by atoms with E-state index in [0.29, 0.717) is 12.1 Å². The van der Waals surface area contributed by atoms with Gasteiger partial charge in [0.1, 0.15) is 0 Å². The summed E-state index contributed by atoms with van der Waals surface area (Å²) in [5, 5.41) is 10.9. The van der Waals surface area contributed by atoms with E-state index >= 15 is 0 Å². The Balaban J connectivity index is 2.06. The summed E-state index contributed by atoms with van der Waals surface area (Å²) in [6.07, 6.45) is 1.77. The fourth-order valence-electron chi connectivity index (χ4n) is 2.85. The molecule has 1 aliphatic heterocycles. The Morgan fingerprint density at radius 1 is 1.23 bits per heavy atom. The smallest absolute Gasteiger partial charge is 0.264 e. The van der Waals surface area contributed by atoms with Gasteiger partial charge in [-0.15, -0.1) is 6.58 Å². The minimum atomic E-state index is -1.53. The first kappa shape index (κ1) is 15.0. The Labute approximate surface area is 138 Å². The number of amides is 1. The molecule has 0 spiro atoms. The van der Waals surface area contributed by atoms with Crippen molar-refractivity contribution < 1.29 is 9.90 Å². The molecule has 0 bridgehead atoms. The Bertz CT molecular complexity index is 729. The van der Waals surface area contributed by atoms with Crippen LogP contribution in [0.1, 0.15) is 17.5 Å². The lowest BCUT2D eigenvalue weighted by atomic mass is 9.92. The average molecular weight is 358 g/mol. The van der Waals surface area contributed by atoms with Gasteiger partial charge in [-0.3, -0.25) is 4.79 Å². The summed E-state index contributed by atoms with van der Waals surface area (Å²) in [6.45, 7) is 4.10. The van der Waals surface area contributed by atoms with Crippen LogP contribution in [0.4, 0.5) is 5.69 Å². The van der Waals surface area contributed by atoms with E-state index in [1.165, 1.54) is 0 Å². The molecule has 0 radical (unpaired) electrons. The van der Waals surface area contributed by atoms with Crippen LogP contribution >= 0.6 is 15.9 Å². The van der Waals surface area contributed by atoms with Gasteiger partial charge in [-0.25, -0.2) is 0 Å². The van der Waals surface area contributed by atoms with Gasteiger partial charge in [-0.2, -0.15) is 0 Å². The number of fused-ring (bicyclic) bond motifs is 1. The van der Waals surface area contributed by atoms with Crippen LogP contribution < -0.4 is 4.90 Å². The minimum absolute atomic E-state index is 0.195. The number of carbonyl (C=O) groups excluding carboxylic acids is 1. The summed E-state index contributed by atoms with van der Waals surface area (Å²) in [7, 11) is 0. The van der Waals surface area contributed by atoms with Crippen molar-refractivity contribution in [2.75, 3.05) is 4.90 Å². The molecule has 1 atom stereocenters. The molecule has 1 heterocycles. The number of anilines is 1. The fraction of sp³-hybridized carbons (Fsp3) is 0.167. The van der Waals surface area contributed by atoms with Crippen LogP contribution in [0, 0.1) is 0 Å². The summed E-state index contributed by atoms with van der Waals surface area (Å²) in [4.78, 5) is 14.4. The van der Waals surface area contributed by atoms with Crippen LogP contribution in [0.5, 0.6) is 0 Å². The van der Waals surface area contributed by atoms with Crippen molar-refractivity contribution in [3.05, 3.63) is 76.8 Å². The summed E-state index contributed by atoms with van der Waals surface area (Å²) < 4.78 is 0.836. The molecule has 0 aliphatic carbocycles. The lowest BCUT2D eigenvalue weighted by Gasteiger charge is -2.22. The maximum absolute atomic E-state index is 12.8. The maximum Gasteiger partial charge on any atom is 0.264 e. The zero-order valence-corrected chi connectivity index (χ0v) is 13.6. The van der Waals surface area contributed by atoms with Crippen LogP contribution in [0.25, 0.3) is 0 Å². The Kier molecular flexibility index (Phi) is 3.89. The first-order valence-electron chi connectivity index (χ1n) is 7.05. The Hall–Kier alpha value is -1.91. The second-order valence-electron chi connectivity index (χ2n) is 5.39. The van der Waals surface area contributed by atoms with Crippen LogP contribution in [-0.4, -0.2) is 11.0 Å². The zero-order chi connectivity index (χ0) is 15.7. The number of benzene rings is 2. The Morgan fingerprint density at radius 3 is 2.64 bits per heavy atom. The molecule has 1 N–H and O–H groups in total. The van der Waals surface area contributed by atoms with Crippen LogP contribution in [0.3, 0.4) is 0 Å². The third-order valence-corrected chi connectivity index (χ3v) is 4.41. The molecule has 2 aromatic carbocycles. The molecular formula is C18H16BrNO2. The van der Waals surface area contributed by atoms with Gasteiger partial charge in [0.05, 0.1) is 12.2 Å². The lowest BCUT2D eigenvalue weighted by molar-refractivity contribution is -0.135. The van der Waals surface area contributed by atoms with E-state index in [4.69, 9.17) is 0 Å². The fourth-order valence-corrected chi connectivity index (χ4v) is 3.21. The third kappa shape index (κ3) is 2.38. The van der Waals surface area contributed by atoms with E-state index in [0.717, 1.165) is 15.7 Å². The van der Waals surface area contributed by atoms with Crippen LogP contribution in [-0.2, 0) is 16.9 Å². The molecule has 4 heteroatoms. The molecule has 0 fully saturated rings. The summed E-state index contributed by atoms with van der Waals surface area (Å²) in [5.41, 5.74) is 0.868. The largest absolute Gasteiger partial charge is 0.375 e. The van der Waals surface area contributed by atoms with E-state index in [9.17, 15) is 9.90 Å². The number of hydrogen-bond acceptors (Lipinski definition) is 2. The predicted molar refractivity (Wildman–Crippen MR) is 90.5 cm³/mol. The lowest BCUT2D eigenvalue weighted by Crippen LogP contribution is -2.39. The molecule has 0 saturated carbocycles. The molecule has 3 nitrogen and oxygen atoms in total. The second-order valence-corrected chi connectivity index (χ2v) is 6.31. The number of aliphatic hydroxyl groups is 1. The van der Waals surface area contributed by atoms with Crippen molar-refractivity contribution in [3.8, 4) is 0 Å². The van der Waals surface area contributed by atoms with Crippen molar-refractivity contribution in [3.63, 3.8) is 0 Å². The van der Waals surface area contributed by atoms with Crippen LogP contribution in [0.15, 0.2) is 65.7 Å². The normalized spacial score (nSPS) is 20.1. The van der Waals surface area contributed by atoms with Gasteiger partial charge in [0.2, 0.25) is 0 Å². The predicted octanol–water partition coefficient (Wildman–Crippen LogP) is 3.76. The van der Waals surface area contributed by atoms with E-state index in [1.807, 2.05) is 48.5 Å². The van der Waals surface area contributed by atoms with Crippen molar-refractivity contribution in [1.29, 1.82) is 0 Å². The second kappa shape index (κ2) is 5.71. The number of hydrogen-bond donors (Lipinski definition) is 1. The minimum Gasteiger partial charge on any atom is -0.375 e. The molecule has 0 saturated heterocycles. The van der Waals surface area contributed by atoms with Crippen molar-refractivity contribution >= 4 is 27.5 Å². The first-order chi connectivity index (χ1) is 10.6. The molecule has 2 aromatic rings. The van der Waals surface area contributed by atoms with Crippen molar-refractivity contribution in [2.45, 2.75) is 18.6 Å². The molecule has 1 aliphatic rings.